The first-order valence-electron chi connectivity index (χ1n) is 5.61. The van der Waals surface area contributed by atoms with Gasteiger partial charge in [-0.3, -0.25) is 4.79 Å². The highest BCUT2D eigenvalue weighted by molar-refractivity contribution is 8.12. The van der Waals surface area contributed by atoms with Gasteiger partial charge in [-0.25, -0.2) is 0 Å². The maximum atomic E-state index is 10.8. The lowest BCUT2D eigenvalue weighted by Gasteiger charge is -2.12. The molecule has 92 valence electrons. The summed E-state index contributed by atoms with van der Waals surface area (Å²) in [6.45, 7) is 1.83. The minimum atomic E-state index is 0.760. The maximum absolute atomic E-state index is 10.8. The van der Waals surface area contributed by atoms with Gasteiger partial charge in [-0.1, -0.05) is 30.0 Å². The van der Waals surface area contributed by atoms with E-state index < -0.39 is 0 Å². The average molecular weight is 258 g/mol. The molecule has 1 aromatic carbocycles. The normalized spacial score (nSPS) is 17.1. The maximum Gasteiger partial charge on any atom is 0.146 e. The summed E-state index contributed by atoms with van der Waals surface area (Å²) in [5, 5.41) is 0. The molecule has 0 radical (unpaired) electrons. The van der Waals surface area contributed by atoms with Gasteiger partial charge >= 0.3 is 0 Å². The summed E-state index contributed by atoms with van der Waals surface area (Å²) in [5.41, 5.74) is 1.89. The van der Waals surface area contributed by atoms with Crippen LogP contribution in [0.4, 0.5) is 0 Å². The molecule has 0 aromatic heterocycles. The molecule has 1 aliphatic heterocycles. The van der Waals surface area contributed by atoms with Crippen molar-refractivity contribution in [2.75, 3.05) is 7.11 Å². The number of benzene rings is 1. The van der Waals surface area contributed by atoms with E-state index in [1.807, 2.05) is 49.4 Å². The van der Waals surface area contributed by atoms with E-state index in [2.05, 4.69) is 0 Å². The molecule has 1 aromatic rings. The van der Waals surface area contributed by atoms with Crippen LogP contribution < -0.4 is 4.74 Å². The number of thioether (sulfide) groups is 1. The molecule has 0 saturated heterocycles. The first kappa shape index (κ1) is 12.7. The molecule has 0 aliphatic carbocycles. The Bertz CT molecular complexity index is 536. The number of ether oxygens (including phenoxy) is 1. The topological polar surface area (TPSA) is 26.3 Å². The molecule has 0 unspecified atom stereocenters. The van der Waals surface area contributed by atoms with Crippen LogP contribution in [0.15, 0.2) is 53.0 Å². The van der Waals surface area contributed by atoms with Crippen molar-refractivity contribution in [1.29, 1.82) is 0 Å². The van der Waals surface area contributed by atoms with Gasteiger partial charge in [0, 0.05) is 15.4 Å². The monoisotopic (exact) mass is 258 g/mol. The molecular formula is C15H14O2S. The molecule has 2 nitrogen and oxygen atoms in total. The van der Waals surface area contributed by atoms with Gasteiger partial charge in [-0.2, -0.15) is 0 Å². The predicted octanol–water partition coefficient (Wildman–Crippen LogP) is 3.81. The Labute approximate surface area is 111 Å². The highest BCUT2D eigenvalue weighted by Crippen LogP contribution is 2.38. The number of methoxy groups -OCH3 is 1. The Morgan fingerprint density at radius 1 is 1.28 bits per heavy atom. The summed E-state index contributed by atoms with van der Waals surface area (Å²) in [4.78, 5) is 12.9. The van der Waals surface area contributed by atoms with Crippen LogP contribution in [-0.4, -0.2) is 13.4 Å². The third-order valence-corrected chi connectivity index (χ3v) is 3.92. The molecule has 0 atom stereocenters. The second-order valence-electron chi connectivity index (χ2n) is 3.89. The summed E-state index contributed by atoms with van der Waals surface area (Å²) in [6, 6.07) is 7.91. The van der Waals surface area contributed by atoms with Crippen LogP contribution >= 0.6 is 11.8 Å². The first-order chi connectivity index (χ1) is 8.74. The lowest BCUT2D eigenvalue weighted by atomic mass is 10.2. The molecule has 0 fully saturated rings. The molecule has 0 N–H and O–H groups in total. The van der Waals surface area contributed by atoms with E-state index in [-0.39, 0.29) is 0 Å². The standard InChI is InChI=1S/C15H14O2S/c1-11(10-16)14-4-3-5-15(18-14)12-6-8-13(17-2)9-7-12/h3-10H,1-2H3/b14-11+. The van der Waals surface area contributed by atoms with E-state index in [1.165, 1.54) is 0 Å². The van der Waals surface area contributed by atoms with Gasteiger partial charge in [-0.15, -0.1) is 0 Å². The van der Waals surface area contributed by atoms with Crippen LogP contribution in [0.2, 0.25) is 0 Å². The molecule has 18 heavy (non-hydrogen) atoms. The zero-order chi connectivity index (χ0) is 13.0. The molecule has 0 saturated carbocycles. The van der Waals surface area contributed by atoms with Crippen molar-refractivity contribution in [3.05, 3.63) is 58.5 Å². The first-order valence-corrected chi connectivity index (χ1v) is 6.43. The Balaban J connectivity index is 2.26. The van der Waals surface area contributed by atoms with Gasteiger partial charge in [0.15, 0.2) is 0 Å². The van der Waals surface area contributed by atoms with Crippen LogP contribution in [-0.2, 0) is 4.79 Å². The van der Waals surface area contributed by atoms with Gasteiger partial charge in [0.05, 0.1) is 7.11 Å². The Hall–Kier alpha value is -1.74. The number of hydrogen-bond donors (Lipinski definition) is 0. The fourth-order valence-electron chi connectivity index (χ4n) is 1.59. The van der Waals surface area contributed by atoms with Crippen LogP contribution in [0.1, 0.15) is 12.5 Å². The van der Waals surface area contributed by atoms with E-state index in [9.17, 15) is 4.79 Å². The average Bonchev–Trinajstić information content (AvgIpc) is 2.46. The number of rotatable bonds is 3. The zero-order valence-corrected chi connectivity index (χ0v) is 11.2. The molecule has 0 spiro atoms. The predicted molar refractivity (Wildman–Crippen MR) is 76.5 cm³/mol. The van der Waals surface area contributed by atoms with Crippen molar-refractivity contribution in [1.82, 2.24) is 0 Å². The van der Waals surface area contributed by atoms with Crippen LogP contribution in [0.5, 0.6) is 5.75 Å². The summed E-state index contributed by atoms with van der Waals surface area (Å²) < 4.78 is 5.14. The Morgan fingerprint density at radius 2 is 2.00 bits per heavy atom. The second-order valence-corrected chi connectivity index (χ2v) is 4.97. The smallest absolute Gasteiger partial charge is 0.146 e. The van der Waals surface area contributed by atoms with E-state index in [0.717, 1.165) is 33.0 Å². The van der Waals surface area contributed by atoms with Gasteiger partial charge in [0.25, 0.3) is 0 Å². The summed E-state index contributed by atoms with van der Waals surface area (Å²) in [5.74, 6) is 0.843. The van der Waals surface area contributed by atoms with E-state index >= 15 is 0 Å². The molecule has 0 amide bonds. The number of aldehydes is 1. The second kappa shape index (κ2) is 5.74. The summed E-state index contributed by atoms with van der Waals surface area (Å²) in [6.07, 6.45) is 6.87. The third-order valence-electron chi connectivity index (χ3n) is 2.66. The number of carbonyl (C=O) groups excluding carboxylic acids is 1. The van der Waals surface area contributed by atoms with Crippen molar-refractivity contribution in [2.24, 2.45) is 0 Å². The van der Waals surface area contributed by atoms with Gasteiger partial charge < -0.3 is 4.74 Å². The number of allylic oxidation sites excluding steroid dienone is 4. The van der Waals surface area contributed by atoms with Gasteiger partial charge in [0.1, 0.15) is 12.0 Å². The van der Waals surface area contributed by atoms with Crippen molar-refractivity contribution in [3.8, 4) is 5.75 Å². The van der Waals surface area contributed by atoms with Crippen molar-refractivity contribution in [3.63, 3.8) is 0 Å². The molecule has 3 heteroatoms. The van der Waals surface area contributed by atoms with Crippen molar-refractivity contribution in [2.45, 2.75) is 6.92 Å². The van der Waals surface area contributed by atoms with E-state index in [4.69, 9.17) is 4.74 Å². The SMILES string of the molecule is COc1ccc(C2=CC=C/C(=C(/C)C=O)S2)cc1. The minimum absolute atomic E-state index is 0.760. The van der Waals surface area contributed by atoms with Gasteiger partial charge in [-0.05, 0) is 36.8 Å². The van der Waals surface area contributed by atoms with E-state index in [1.54, 1.807) is 18.9 Å². The van der Waals surface area contributed by atoms with Crippen LogP contribution in [0, 0.1) is 0 Å². The molecule has 0 bridgehead atoms. The Kier molecular flexibility index (Phi) is 4.05. The van der Waals surface area contributed by atoms with Crippen molar-refractivity contribution >= 4 is 23.0 Å². The lowest BCUT2D eigenvalue weighted by molar-refractivity contribution is -0.104. The fourth-order valence-corrected chi connectivity index (χ4v) is 2.58. The van der Waals surface area contributed by atoms with Crippen molar-refractivity contribution < 1.29 is 9.53 Å². The van der Waals surface area contributed by atoms with Crippen LogP contribution in [0.25, 0.3) is 4.91 Å². The highest BCUT2D eigenvalue weighted by atomic mass is 32.2. The minimum Gasteiger partial charge on any atom is -0.497 e. The summed E-state index contributed by atoms with van der Waals surface area (Å²) in [7, 11) is 1.65. The number of hydrogen-bond acceptors (Lipinski definition) is 3. The zero-order valence-electron chi connectivity index (χ0n) is 10.3. The molecule has 1 heterocycles. The molecule has 2 rings (SSSR count). The largest absolute Gasteiger partial charge is 0.497 e. The third kappa shape index (κ3) is 2.74. The van der Waals surface area contributed by atoms with Crippen LogP contribution in [0.3, 0.4) is 0 Å². The molecular weight excluding hydrogens is 244 g/mol. The lowest BCUT2D eigenvalue weighted by Crippen LogP contribution is -1.89. The molecule has 1 aliphatic rings. The number of carbonyl (C=O) groups is 1. The quantitative estimate of drug-likeness (QED) is 0.609. The fraction of sp³-hybridized carbons (Fsp3) is 0.133. The highest BCUT2D eigenvalue weighted by Gasteiger charge is 2.10. The summed E-state index contributed by atoms with van der Waals surface area (Å²) >= 11 is 1.61. The van der Waals surface area contributed by atoms with Gasteiger partial charge in [0.2, 0.25) is 0 Å². The Morgan fingerprint density at radius 3 is 2.61 bits per heavy atom. The van der Waals surface area contributed by atoms with E-state index in [0.29, 0.717) is 0 Å².